The quantitative estimate of drug-likeness (QED) is 0.854. The fraction of sp³-hybridized carbons (Fsp3) is 0.188. The number of carboxylic acids is 1. The highest BCUT2D eigenvalue weighted by Gasteiger charge is 2.10. The number of carboxylic acid groups (broad SMARTS) is 1. The number of aromatic carboxylic acids is 1. The molecule has 0 radical (unpaired) electrons. The van der Waals surface area contributed by atoms with Crippen LogP contribution in [0.4, 0.5) is 0 Å². The summed E-state index contributed by atoms with van der Waals surface area (Å²) in [4.78, 5) is 10.9. The van der Waals surface area contributed by atoms with Crippen LogP contribution in [-0.2, 0) is 0 Å². The maximum absolute atomic E-state index is 10.9. The SMILES string of the molecule is COc1cccc(C(O)COc2cccc(C(=O)O)c2)c1. The van der Waals surface area contributed by atoms with Crippen molar-refractivity contribution < 1.29 is 24.5 Å². The highest BCUT2D eigenvalue weighted by Crippen LogP contribution is 2.21. The van der Waals surface area contributed by atoms with Crippen molar-refractivity contribution in [3.63, 3.8) is 0 Å². The van der Waals surface area contributed by atoms with Crippen LogP contribution in [0, 0.1) is 0 Å². The van der Waals surface area contributed by atoms with E-state index in [1.54, 1.807) is 43.5 Å². The summed E-state index contributed by atoms with van der Waals surface area (Å²) in [5, 5.41) is 19.0. The molecule has 0 aromatic heterocycles. The number of aliphatic hydroxyl groups is 1. The van der Waals surface area contributed by atoms with E-state index in [1.807, 2.05) is 0 Å². The van der Waals surface area contributed by atoms with Crippen molar-refractivity contribution in [1.29, 1.82) is 0 Å². The molecule has 0 fully saturated rings. The molecular weight excluding hydrogens is 272 g/mol. The third-order valence-electron chi connectivity index (χ3n) is 2.97. The zero-order valence-electron chi connectivity index (χ0n) is 11.5. The van der Waals surface area contributed by atoms with Gasteiger partial charge >= 0.3 is 5.97 Å². The highest BCUT2D eigenvalue weighted by atomic mass is 16.5. The monoisotopic (exact) mass is 288 g/mol. The van der Waals surface area contributed by atoms with Crippen molar-refractivity contribution in [3.05, 3.63) is 59.7 Å². The van der Waals surface area contributed by atoms with Gasteiger partial charge in [0.25, 0.3) is 0 Å². The van der Waals surface area contributed by atoms with E-state index >= 15 is 0 Å². The van der Waals surface area contributed by atoms with Crippen LogP contribution in [0.2, 0.25) is 0 Å². The van der Waals surface area contributed by atoms with Crippen LogP contribution >= 0.6 is 0 Å². The Hall–Kier alpha value is -2.53. The summed E-state index contributed by atoms with van der Waals surface area (Å²) in [6.45, 7) is 0.0240. The first-order valence-corrected chi connectivity index (χ1v) is 6.38. The predicted molar refractivity (Wildman–Crippen MR) is 76.9 cm³/mol. The second-order valence-corrected chi connectivity index (χ2v) is 4.44. The number of ether oxygens (including phenoxy) is 2. The van der Waals surface area contributed by atoms with Crippen LogP contribution in [0.1, 0.15) is 22.0 Å². The number of hydrogen-bond donors (Lipinski definition) is 2. The van der Waals surface area contributed by atoms with Gasteiger partial charge in [-0.05, 0) is 35.9 Å². The molecule has 2 rings (SSSR count). The van der Waals surface area contributed by atoms with Gasteiger partial charge in [-0.2, -0.15) is 0 Å². The molecule has 2 aromatic carbocycles. The molecule has 0 spiro atoms. The van der Waals surface area contributed by atoms with Gasteiger partial charge in [-0.1, -0.05) is 18.2 Å². The van der Waals surface area contributed by atoms with Gasteiger partial charge < -0.3 is 19.7 Å². The molecule has 0 saturated heterocycles. The second-order valence-electron chi connectivity index (χ2n) is 4.44. The molecule has 2 aromatic rings. The lowest BCUT2D eigenvalue weighted by molar-refractivity contribution is 0.0696. The van der Waals surface area contributed by atoms with Crippen LogP contribution < -0.4 is 9.47 Å². The molecule has 0 aliphatic carbocycles. The summed E-state index contributed by atoms with van der Waals surface area (Å²) in [5.41, 5.74) is 0.812. The number of carbonyl (C=O) groups is 1. The van der Waals surface area contributed by atoms with E-state index in [0.717, 1.165) is 0 Å². The van der Waals surface area contributed by atoms with Gasteiger partial charge in [0, 0.05) is 0 Å². The molecule has 2 N–H and O–H groups in total. The van der Waals surface area contributed by atoms with Crippen molar-refractivity contribution in [2.24, 2.45) is 0 Å². The third kappa shape index (κ3) is 3.97. The van der Waals surface area contributed by atoms with E-state index in [2.05, 4.69) is 0 Å². The standard InChI is InChI=1S/C16H16O5/c1-20-13-6-2-4-11(8-13)15(17)10-21-14-7-3-5-12(9-14)16(18)19/h2-9,15,17H,10H2,1H3,(H,18,19). The topological polar surface area (TPSA) is 76.0 Å². The lowest BCUT2D eigenvalue weighted by Gasteiger charge is -2.13. The number of benzene rings is 2. The number of hydrogen-bond acceptors (Lipinski definition) is 4. The van der Waals surface area contributed by atoms with E-state index < -0.39 is 12.1 Å². The summed E-state index contributed by atoms with van der Waals surface area (Å²) in [6.07, 6.45) is -0.825. The van der Waals surface area contributed by atoms with E-state index in [9.17, 15) is 9.90 Å². The summed E-state index contributed by atoms with van der Waals surface area (Å²) >= 11 is 0. The minimum absolute atomic E-state index is 0.0240. The van der Waals surface area contributed by atoms with Crippen LogP contribution in [-0.4, -0.2) is 29.9 Å². The molecule has 21 heavy (non-hydrogen) atoms. The lowest BCUT2D eigenvalue weighted by atomic mass is 10.1. The molecule has 110 valence electrons. The Morgan fingerprint density at radius 2 is 1.86 bits per heavy atom. The maximum atomic E-state index is 10.9. The Morgan fingerprint density at radius 1 is 1.14 bits per heavy atom. The second kappa shape index (κ2) is 6.76. The first-order chi connectivity index (χ1) is 10.1. The van der Waals surface area contributed by atoms with Crippen LogP contribution in [0.3, 0.4) is 0 Å². The minimum atomic E-state index is -1.02. The van der Waals surface area contributed by atoms with Crippen molar-refractivity contribution >= 4 is 5.97 Å². The van der Waals surface area contributed by atoms with E-state index in [0.29, 0.717) is 17.1 Å². The van der Waals surface area contributed by atoms with Crippen molar-refractivity contribution in [2.45, 2.75) is 6.10 Å². The molecule has 5 heteroatoms. The zero-order chi connectivity index (χ0) is 15.2. The normalized spacial score (nSPS) is 11.7. The third-order valence-corrected chi connectivity index (χ3v) is 2.97. The van der Waals surface area contributed by atoms with Gasteiger partial charge in [-0.15, -0.1) is 0 Å². The molecule has 0 aliphatic rings. The van der Waals surface area contributed by atoms with E-state index in [4.69, 9.17) is 14.6 Å². The molecule has 1 unspecified atom stereocenters. The van der Waals surface area contributed by atoms with Crippen molar-refractivity contribution in [1.82, 2.24) is 0 Å². The Bertz CT molecular complexity index is 624. The van der Waals surface area contributed by atoms with E-state index in [1.165, 1.54) is 12.1 Å². The summed E-state index contributed by atoms with van der Waals surface area (Å²) < 4.78 is 10.5. The maximum Gasteiger partial charge on any atom is 0.335 e. The molecule has 0 amide bonds. The molecule has 1 atom stereocenters. The molecule has 0 heterocycles. The fourth-order valence-electron chi connectivity index (χ4n) is 1.84. The zero-order valence-corrected chi connectivity index (χ0v) is 11.5. The smallest absolute Gasteiger partial charge is 0.335 e. The number of aliphatic hydroxyl groups excluding tert-OH is 1. The Morgan fingerprint density at radius 3 is 2.57 bits per heavy atom. The summed E-state index contributed by atoms with van der Waals surface area (Å²) in [5.74, 6) is 0.0325. The lowest BCUT2D eigenvalue weighted by Crippen LogP contribution is -2.10. The summed E-state index contributed by atoms with van der Waals surface area (Å²) in [7, 11) is 1.55. The first-order valence-electron chi connectivity index (χ1n) is 6.38. The molecule has 5 nitrogen and oxygen atoms in total. The van der Waals surface area contributed by atoms with Crippen molar-refractivity contribution in [2.75, 3.05) is 13.7 Å². The van der Waals surface area contributed by atoms with Gasteiger partial charge in [0.15, 0.2) is 0 Å². The fourth-order valence-corrected chi connectivity index (χ4v) is 1.84. The highest BCUT2D eigenvalue weighted by molar-refractivity contribution is 5.87. The molecule has 0 bridgehead atoms. The largest absolute Gasteiger partial charge is 0.497 e. The van der Waals surface area contributed by atoms with Crippen LogP contribution in [0.25, 0.3) is 0 Å². The minimum Gasteiger partial charge on any atom is -0.497 e. The average Bonchev–Trinajstić information content (AvgIpc) is 2.53. The van der Waals surface area contributed by atoms with Crippen molar-refractivity contribution in [3.8, 4) is 11.5 Å². The van der Waals surface area contributed by atoms with Gasteiger partial charge in [0.2, 0.25) is 0 Å². The van der Waals surface area contributed by atoms with Crippen LogP contribution in [0.15, 0.2) is 48.5 Å². The van der Waals surface area contributed by atoms with Crippen LogP contribution in [0.5, 0.6) is 11.5 Å². The number of rotatable bonds is 6. The first kappa shape index (κ1) is 14.9. The average molecular weight is 288 g/mol. The van der Waals surface area contributed by atoms with Gasteiger partial charge in [0.1, 0.15) is 24.2 Å². The molecule has 0 saturated carbocycles. The predicted octanol–water partition coefficient (Wildman–Crippen LogP) is 2.51. The van der Waals surface area contributed by atoms with E-state index in [-0.39, 0.29) is 12.2 Å². The molecular formula is C16H16O5. The Balaban J connectivity index is 2.01. The number of methoxy groups -OCH3 is 1. The van der Waals surface area contributed by atoms with Gasteiger partial charge in [-0.3, -0.25) is 0 Å². The van der Waals surface area contributed by atoms with Gasteiger partial charge in [-0.25, -0.2) is 4.79 Å². The Labute approximate surface area is 122 Å². The summed E-state index contributed by atoms with van der Waals surface area (Å²) in [6, 6.07) is 13.2. The molecule has 0 aliphatic heterocycles. The van der Waals surface area contributed by atoms with Gasteiger partial charge in [0.05, 0.1) is 12.7 Å². The Kier molecular flexibility index (Phi) is 4.79.